The van der Waals surface area contributed by atoms with Gasteiger partial charge < -0.3 is 4.74 Å². The van der Waals surface area contributed by atoms with Crippen molar-refractivity contribution < 1.29 is 17.9 Å². The van der Waals surface area contributed by atoms with E-state index in [4.69, 9.17) is 4.74 Å². The molecule has 0 amide bonds. The molecule has 102 valence electrons. The molecule has 1 unspecified atom stereocenters. The lowest BCUT2D eigenvalue weighted by Crippen LogP contribution is -2.11. The van der Waals surface area contributed by atoms with Crippen molar-refractivity contribution >= 4 is 38.5 Å². The van der Waals surface area contributed by atoms with Gasteiger partial charge in [0.25, 0.3) is 0 Å². The molecule has 6 heteroatoms. The van der Waals surface area contributed by atoms with Crippen LogP contribution in [0.25, 0.3) is 0 Å². The van der Waals surface area contributed by atoms with Gasteiger partial charge in [0, 0.05) is 21.9 Å². The van der Waals surface area contributed by atoms with Gasteiger partial charge in [-0.25, -0.2) is 0 Å². The zero-order chi connectivity index (χ0) is 13.6. The van der Waals surface area contributed by atoms with Crippen LogP contribution in [-0.2, 0) is 4.74 Å². The fourth-order valence-corrected chi connectivity index (χ4v) is 2.61. The fourth-order valence-electron chi connectivity index (χ4n) is 1.43. The standard InChI is InChI=1S/C12H13BrF3IO/c13-10-4-1-3-9(7-10)11(8-17)18-6-2-5-12(14,15)16/h1,3-4,7,11H,2,5-6,8H2. The molecule has 0 aliphatic carbocycles. The first-order valence-corrected chi connectivity index (χ1v) is 7.74. The number of alkyl halides is 4. The summed E-state index contributed by atoms with van der Waals surface area (Å²) in [5.74, 6) is 0. The molecule has 0 bridgehead atoms. The number of benzene rings is 1. The summed E-state index contributed by atoms with van der Waals surface area (Å²) in [5.41, 5.74) is 0.978. The molecule has 0 radical (unpaired) electrons. The molecule has 0 aliphatic rings. The number of halogens is 5. The average molecular weight is 437 g/mol. The molecule has 0 saturated carbocycles. The molecule has 1 atom stereocenters. The van der Waals surface area contributed by atoms with Crippen molar-refractivity contribution in [3.05, 3.63) is 34.3 Å². The smallest absolute Gasteiger partial charge is 0.373 e. The molecule has 1 rings (SSSR count). The first-order chi connectivity index (χ1) is 8.42. The molecule has 0 aromatic heterocycles. The maximum atomic E-state index is 12.0. The highest BCUT2D eigenvalue weighted by Crippen LogP contribution is 2.25. The Morgan fingerprint density at radius 3 is 2.61 bits per heavy atom. The van der Waals surface area contributed by atoms with Gasteiger partial charge in [0.15, 0.2) is 0 Å². The van der Waals surface area contributed by atoms with Crippen LogP contribution < -0.4 is 0 Å². The Labute approximate surface area is 126 Å². The summed E-state index contributed by atoms with van der Waals surface area (Å²) in [7, 11) is 0. The third-order valence-electron chi connectivity index (χ3n) is 2.28. The summed E-state index contributed by atoms with van der Waals surface area (Å²) in [4.78, 5) is 0. The zero-order valence-corrected chi connectivity index (χ0v) is 13.3. The SMILES string of the molecule is FC(F)(F)CCCOC(CI)c1cccc(Br)c1. The van der Waals surface area contributed by atoms with Crippen molar-refractivity contribution in [1.82, 2.24) is 0 Å². The number of ether oxygens (including phenoxy) is 1. The van der Waals surface area contributed by atoms with Crippen LogP contribution in [-0.4, -0.2) is 17.2 Å². The lowest BCUT2D eigenvalue weighted by molar-refractivity contribution is -0.138. The van der Waals surface area contributed by atoms with Gasteiger partial charge in [-0.3, -0.25) is 0 Å². The van der Waals surface area contributed by atoms with Crippen molar-refractivity contribution in [3.63, 3.8) is 0 Å². The van der Waals surface area contributed by atoms with Gasteiger partial charge in [0.05, 0.1) is 6.10 Å². The van der Waals surface area contributed by atoms with E-state index in [1.54, 1.807) is 0 Å². The second-order valence-corrected chi connectivity index (χ2v) is 5.58. The highest BCUT2D eigenvalue weighted by molar-refractivity contribution is 14.1. The maximum Gasteiger partial charge on any atom is 0.389 e. The zero-order valence-electron chi connectivity index (χ0n) is 9.51. The van der Waals surface area contributed by atoms with Crippen molar-refractivity contribution in [3.8, 4) is 0 Å². The maximum absolute atomic E-state index is 12.0. The first kappa shape index (κ1) is 16.2. The van der Waals surface area contributed by atoms with Gasteiger partial charge in [-0.2, -0.15) is 13.2 Å². The number of hydrogen-bond donors (Lipinski definition) is 0. The minimum atomic E-state index is -4.10. The molecule has 0 heterocycles. The van der Waals surface area contributed by atoms with Gasteiger partial charge in [-0.1, -0.05) is 50.7 Å². The van der Waals surface area contributed by atoms with Crippen molar-refractivity contribution in [2.45, 2.75) is 25.1 Å². The van der Waals surface area contributed by atoms with Crippen LogP contribution in [0.3, 0.4) is 0 Å². The van der Waals surface area contributed by atoms with Crippen molar-refractivity contribution in [2.24, 2.45) is 0 Å². The normalized spacial score (nSPS) is 13.6. The summed E-state index contributed by atoms with van der Waals surface area (Å²) in [6, 6.07) is 7.63. The Kier molecular flexibility index (Phi) is 6.94. The highest BCUT2D eigenvalue weighted by Gasteiger charge is 2.26. The molecule has 1 nitrogen and oxygen atoms in total. The summed E-state index contributed by atoms with van der Waals surface area (Å²) < 4.78 is 43.1. The average Bonchev–Trinajstić information content (AvgIpc) is 2.27. The van der Waals surface area contributed by atoms with Crippen molar-refractivity contribution in [2.75, 3.05) is 11.0 Å². The second-order valence-electron chi connectivity index (χ2n) is 3.79. The Morgan fingerprint density at radius 1 is 1.33 bits per heavy atom. The molecule has 18 heavy (non-hydrogen) atoms. The molecule has 0 saturated heterocycles. The topological polar surface area (TPSA) is 9.23 Å². The number of hydrogen-bond acceptors (Lipinski definition) is 1. The van der Waals surface area contributed by atoms with E-state index < -0.39 is 12.6 Å². The van der Waals surface area contributed by atoms with Crippen LogP contribution in [0.5, 0.6) is 0 Å². The van der Waals surface area contributed by atoms with E-state index in [-0.39, 0.29) is 19.1 Å². The Bertz CT molecular complexity index is 371. The van der Waals surface area contributed by atoms with Crippen LogP contribution >= 0.6 is 38.5 Å². The largest absolute Gasteiger partial charge is 0.389 e. The first-order valence-electron chi connectivity index (χ1n) is 5.42. The Hall–Kier alpha value is 0.180. The van der Waals surface area contributed by atoms with Crippen LogP contribution in [0.4, 0.5) is 13.2 Å². The third-order valence-corrected chi connectivity index (χ3v) is 3.58. The quantitative estimate of drug-likeness (QED) is 0.334. The fraction of sp³-hybridized carbons (Fsp3) is 0.500. The molecule has 1 aromatic carbocycles. The van der Waals surface area contributed by atoms with E-state index in [1.807, 2.05) is 24.3 Å². The minimum absolute atomic E-state index is 0.00461. The summed E-state index contributed by atoms with van der Waals surface area (Å²) in [6.07, 6.45) is -5.04. The van der Waals surface area contributed by atoms with Crippen molar-refractivity contribution in [1.29, 1.82) is 0 Å². The van der Waals surface area contributed by atoms with Crippen LogP contribution in [0, 0.1) is 0 Å². The monoisotopic (exact) mass is 436 g/mol. The van der Waals surface area contributed by atoms with Gasteiger partial charge in [0.2, 0.25) is 0 Å². The summed E-state index contributed by atoms with van der Waals surface area (Å²) in [6.45, 7) is 0.125. The number of rotatable bonds is 6. The van der Waals surface area contributed by atoms with Gasteiger partial charge >= 0.3 is 6.18 Å². The summed E-state index contributed by atoms with van der Waals surface area (Å²) >= 11 is 5.53. The molecule has 1 aromatic rings. The Balaban J connectivity index is 2.43. The van der Waals surface area contributed by atoms with E-state index in [9.17, 15) is 13.2 Å². The minimum Gasteiger partial charge on any atom is -0.373 e. The highest BCUT2D eigenvalue weighted by atomic mass is 127. The van der Waals surface area contributed by atoms with Crippen LogP contribution in [0.1, 0.15) is 24.5 Å². The lowest BCUT2D eigenvalue weighted by Gasteiger charge is -2.16. The molecular formula is C12H13BrF3IO. The molecular weight excluding hydrogens is 424 g/mol. The van der Waals surface area contributed by atoms with Crippen LogP contribution in [0.15, 0.2) is 28.7 Å². The van der Waals surface area contributed by atoms with Gasteiger partial charge in [0.1, 0.15) is 0 Å². The molecule has 0 fully saturated rings. The second kappa shape index (κ2) is 7.69. The molecule has 0 spiro atoms. The predicted octanol–water partition coefficient (Wildman–Crippen LogP) is 5.28. The third kappa shape index (κ3) is 6.38. The molecule has 0 aliphatic heterocycles. The van der Waals surface area contributed by atoms with Gasteiger partial charge in [-0.05, 0) is 24.1 Å². The van der Waals surface area contributed by atoms with Gasteiger partial charge in [-0.15, -0.1) is 0 Å². The van der Waals surface area contributed by atoms with E-state index in [2.05, 4.69) is 38.5 Å². The summed E-state index contributed by atoms with van der Waals surface area (Å²) in [5, 5.41) is 0. The predicted molar refractivity (Wildman–Crippen MR) is 77.0 cm³/mol. The molecule has 0 N–H and O–H groups in total. The van der Waals surface area contributed by atoms with E-state index in [0.717, 1.165) is 10.0 Å². The van der Waals surface area contributed by atoms with Crippen LogP contribution in [0.2, 0.25) is 0 Å². The van der Waals surface area contributed by atoms with E-state index >= 15 is 0 Å². The van der Waals surface area contributed by atoms with E-state index in [1.165, 1.54) is 0 Å². The van der Waals surface area contributed by atoms with E-state index in [0.29, 0.717) is 4.43 Å². The lowest BCUT2D eigenvalue weighted by atomic mass is 10.1. The Morgan fingerprint density at radius 2 is 2.06 bits per heavy atom.